The summed E-state index contributed by atoms with van der Waals surface area (Å²) in [4.78, 5) is 14.2. The molecule has 0 bridgehead atoms. The third-order valence-electron chi connectivity index (χ3n) is 4.03. The fourth-order valence-electron chi connectivity index (χ4n) is 2.77. The third kappa shape index (κ3) is 2.90. The summed E-state index contributed by atoms with van der Waals surface area (Å²) in [5.74, 6) is -0.156. The van der Waals surface area contributed by atoms with Crippen LogP contribution in [-0.4, -0.2) is 52.7 Å². The highest BCUT2D eigenvalue weighted by Crippen LogP contribution is 2.32. The van der Waals surface area contributed by atoms with Crippen molar-refractivity contribution >= 4 is 17.5 Å². The van der Waals surface area contributed by atoms with E-state index in [9.17, 15) is 13.6 Å². The molecule has 1 aliphatic heterocycles. The molecule has 1 aliphatic rings. The van der Waals surface area contributed by atoms with Gasteiger partial charge in [0.1, 0.15) is 0 Å². The second-order valence-electron chi connectivity index (χ2n) is 5.63. The Labute approximate surface area is 150 Å². The number of nitrogens with zero attached hydrogens (tertiary/aromatic N) is 7. The van der Waals surface area contributed by atoms with E-state index in [-0.39, 0.29) is 31.4 Å². The van der Waals surface area contributed by atoms with Gasteiger partial charge in [-0.2, -0.15) is 14.0 Å². The van der Waals surface area contributed by atoms with Crippen LogP contribution in [0.15, 0.2) is 24.3 Å². The number of carbonyl (C=O) groups excluding carboxylic acids is 1. The number of alkyl halides is 3. The average molecular weight is 381 g/mol. The quantitative estimate of drug-likeness (QED) is 0.688. The summed E-state index contributed by atoms with van der Waals surface area (Å²) in [6, 6.07) is 6.70. The molecule has 0 spiro atoms. The third-order valence-corrected chi connectivity index (χ3v) is 4.20. The van der Waals surface area contributed by atoms with E-state index in [1.807, 2.05) is 0 Å². The molecule has 3 aromatic rings. The van der Waals surface area contributed by atoms with E-state index >= 15 is 0 Å². The van der Waals surface area contributed by atoms with Gasteiger partial charge in [-0.05, 0) is 28.9 Å². The van der Waals surface area contributed by atoms with Gasteiger partial charge >= 0.3 is 5.38 Å². The van der Waals surface area contributed by atoms with Gasteiger partial charge in [-0.15, -0.1) is 20.4 Å². The number of hydrogen-bond donors (Lipinski definition) is 1. The van der Waals surface area contributed by atoms with E-state index in [0.29, 0.717) is 17.0 Å². The van der Waals surface area contributed by atoms with E-state index in [2.05, 4.69) is 30.8 Å². The van der Waals surface area contributed by atoms with Crippen molar-refractivity contribution in [3.63, 3.8) is 0 Å². The highest BCUT2D eigenvalue weighted by molar-refractivity contribution is 6.21. The summed E-state index contributed by atoms with van der Waals surface area (Å²) in [5, 5.41) is 17.1. The van der Waals surface area contributed by atoms with Crippen LogP contribution in [0.4, 0.5) is 8.78 Å². The van der Waals surface area contributed by atoms with Crippen LogP contribution in [-0.2, 0) is 18.5 Å². The van der Waals surface area contributed by atoms with Crippen molar-refractivity contribution in [2.45, 2.75) is 18.5 Å². The van der Waals surface area contributed by atoms with Gasteiger partial charge in [0.15, 0.2) is 5.82 Å². The summed E-state index contributed by atoms with van der Waals surface area (Å²) in [6.45, 7) is 0.467. The first-order valence-electron chi connectivity index (χ1n) is 7.56. The first kappa shape index (κ1) is 16.5. The minimum absolute atomic E-state index is 0.0748. The number of carbonyl (C=O) groups is 1. The molecule has 0 atom stereocenters. The highest BCUT2D eigenvalue weighted by Gasteiger charge is 2.37. The number of aromatic nitrogens is 7. The maximum absolute atomic E-state index is 13.3. The van der Waals surface area contributed by atoms with Gasteiger partial charge in [0.05, 0.1) is 6.54 Å². The number of halogens is 3. The molecule has 4 rings (SSSR count). The Bertz CT molecular complexity index is 935. The molecule has 0 radical (unpaired) electrons. The van der Waals surface area contributed by atoms with Gasteiger partial charge in [-0.1, -0.05) is 12.1 Å². The Kier molecular flexibility index (Phi) is 3.87. The van der Waals surface area contributed by atoms with Crippen LogP contribution < -0.4 is 0 Å². The normalized spacial score (nSPS) is 14.3. The molecule has 26 heavy (non-hydrogen) atoms. The number of tetrazole rings is 1. The lowest BCUT2D eigenvalue weighted by Gasteiger charge is -2.28. The number of nitrogens with one attached hydrogen (secondary N) is 1. The molecular formula is C14H11ClF2N8O. The molecule has 0 saturated heterocycles. The minimum atomic E-state index is -3.59. The summed E-state index contributed by atoms with van der Waals surface area (Å²) >= 11 is 5.03. The lowest BCUT2D eigenvalue weighted by molar-refractivity contribution is 0.0662. The number of amides is 1. The molecule has 0 aliphatic carbocycles. The molecule has 1 amide bonds. The maximum Gasteiger partial charge on any atom is 0.381 e. The smallest absolute Gasteiger partial charge is 0.329 e. The zero-order valence-corrected chi connectivity index (χ0v) is 13.9. The lowest BCUT2D eigenvalue weighted by Crippen LogP contribution is -2.39. The van der Waals surface area contributed by atoms with Crippen molar-refractivity contribution in [3.8, 4) is 11.4 Å². The number of fused-ring (bicyclic) bond motifs is 1. The van der Waals surface area contributed by atoms with Crippen molar-refractivity contribution in [3.05, 3.63) is 41.5 Å². The zero-order valence-electron chi connectivity index (χ0n) is 13.1. The highest BCUT2D eigenvalue weighted by atomic mass is 35.5. The van der Waals surface area contributed by atoms with Crippen LogP contribution in [0.25, 0.3) is 11.4 Å². The lowest BCUT2D eigenvalue weighted by atomic mass is 10.1. The molecule has 1 aromatic carbocycles. The number of rotatable bonds is 3. The Morgan fingerprint density at radius 2 is 1.92 bits per heavy atom. The molecular weight excluding hydrogens is 370 g/mol. The second kappa shape index (κ2) is 6.09. The SMILES string of the molecule is O=C(c1ccc(-c2nn[nH]n2)cc1)N1CCn2c(nnc2C(F)(F)Cl)C1. The van der Waals surface area contributed by atoms with Crippen molar-refractivity contribution in [2.75, 3.05) is 6.54 Å². The summed E-state index contributed by atoms with van der Waals surface area (Å²) in [6.07, 6.45) is 0. The summed E-state index contributed by atoms with van der Waals surface area (Å²) in [7, 11) is 0. The molecule has 3 heterocycles. The zero-order chi connectivity index (χ0) is 18.3. The van der Waals surface area contributed by atoms with Crippen molar-refractivity contribution in [1.29, 1.82) is 0 Å². The molecule has 134 valence electrons. The number of hydrogen-bond acceptors (Lipinski definition) is 6. The molecule has 0 unspecified atom stereocenters. The van der Waals surface area contributed by atoms with E-state index in [1.54, 1.807) is 24.3 Å². The van der Waals surface area contributed by atoms with Gasteiger partial charge in [-0.25, -0.2) is 0 Å². The fraction of sp³-hybridized carbons (Fsp3) is 0.286. The Balaban J connectivity index is 1.52. The van der Waals surface area contributed by atoms with Gasteiger partial charge in [-0.3, -0.25) is 4.79 Å². The number of benzene rings is 1. The van der Waals surface area contributed by atoms with Gasteiger partial charge in [0.25, 0.3) is 5.91 Å². The maximum atomic E-state index is 13.3. The van der Waals surface area contributed by atoms with Crippen molar-refractivity contribution in [2.24, 2.45) is 0 Å². The minimum Gasteiger partial charge on any atom is -0.329 e. The average Bonchev–Trinajstić information content (AvgIpc) is 3.30. The van der Waals surface area contributed by atoms with E-state index in [1.165, 1.54) is 9.47 Å². The largest absolute Gasteiger partial charge is 0.381 e. The molecule has 1 N–H and O–H groups in total. The Morgan fingerprint density at radius 3 is 2.58 bits per heavy atom. The number of H-pyrrole nitrogens is 1. The van der Waals surface area contributed by atoms with E-state index in [0.717, 1.165) is 0 Å². The van der Waals surface area contributed by atoms with Crippen LogP contribution in [0.2, 0.25) is 0 Å². The standard InChI is InChI=1S/C14H11ClF2N8O/c15-14(16,17)13-21-18-10-7-24(5-6-25(10)13)12(26)9-3-1-8(2-4-9)11-19-22-23-20-11/h1-4H,5-7H2,(H,19,20,22,23). The van der Waals surface area contributed by atoms with Gasteiger partial charge < -0.3 is 9.47 Å². The van der Waals surface area contributed by atoms with E-state index in [4.69, 9.17) is 11.6 Å². The predicted molar refractivity (Wildman–Crippen MR) is 84.1 cm³/mol. The monoisotopic (exact) mass is 380 g/mol. The van der Waals surface area contributed by atoms with Crippen LogP contribution in [0.3, 0.4) is 0 Å². The molecule has 0 saturated carbocycles. The van der Waals surface area contributed by atoms with E-state index < -0.39 is 11.2 Å². The number of aromatic amines is 1. The fourth-order valence-corrected chi connectivity index (χ4v) is 2.91. The van der Waals surface area contributed by atoms with Crippen LogP contribution in [0, 0.1) is 0 Å². The van der Waals surface area contributed by atoms with Crippen molar-refractivity contribution in [1.82, 2.24) is 40.3 Å². The molecule has 12 heteroatoms. The Morgan fingerprint density at radius 1 is 1.15 bits per heavy atom. The first-order valence-corrected chi connectivity index (χ1v) is 7.94. The Hall–Kier alpha value is -2.95. The van der Waals surface area contributed by atoms with Crippen molar-refractivity contribution < 1.29 is 13.6 Å². The van der Waals surface area contributed by atoms with Crippen LogP contribution in [0.1, 0.15) is 22.0 Å². The van der Waals surface area contributed by atoms with Gasteiger partial charge in [0.2, 0.25) is 11.6 Å². The predicted octanol–water partition coefficient (Wildman–Crippen LogP) is 1.40. The molecule has 2 aromatic heterocycles. The topological polar surface area (TPSA) is 105 Å². The summed E-state index contributed by atoms with van der Waals surface area (Å²) < 4.78 is 27.8. The first-order chi connectivity index (χ1) is 12.4. The second-order valence-corrected chi connectivity index (χ2v) is 6.10. The molecule has 9 nitrogen and oxygen atoms in total. The molecule has 0 fully saturated rings. The van der Waals surface area contributed by atoms with Gasteiger partial charge in [0, 0.05) is 24.2 Å². The summed E-state index contributed by atoms with van der Waals surface area (Å²) in [5.41, 5.74) is 1.16. The van der Waals surface area contributed by atoms with Crippen LogP contribution in [0.5, 0.6) is 0 Å². The van der Waals surface area contributed by atoms with Crippen LogP contribution >= 0.6 is 11.6 Å².